The second kappa shape index (κ2) is 13.5. The molecule has 2 aromatic carbocycles. The molecule has 4 nitrogen and oxygen atoms in total. The number of thiocarbonyl (C=S) groups is 2. The van der Waals surface area contributed by atoms with Crippen LogP contribution in [-0.4, -0.2) is 48.1 Å². The molecule has 0 heterocycles. The van der Waals surface area contributed by atoms with Gasteiger partial charge < -0.3 is 23.8 Å². The molecule has 0 aliphatic carbocycles. The van der Waals surface area contributed by atoms with E-state index in [0.29, 0.717) is 13.2 Å². The van der Waals surface area contributed by atoms with Gasteiger partial charge in [-0.25, -0.2) is 0 Å². The van der Waals surface area contributed by atoms with Crippen LogP contribution in [0, 0.1) is 0 Å². The molecular weight excluding hydrogens is 356 g/mol. The van der Waals surface area contributed by atoms with Crippen LogP contribution in [0.15, 0.2) is 60.7 Å². The fourth-order valence-electron chi connectivity index (χ4n) is 1.46. The molecule has 2 rings (SSSR count). The molecule has 0 atom stereocenters. The first kappa shape index (κ1) is 22.1. The van der Waals surface area contributed by atoms with Crippen molar-refractivity contribution in [2.75, 3.05) is 0 Å². The zero-order chi connectivity index (χ0) is 16.2. The molecule has 4 N–H and O–H groups in total. The predicted molar refractivity (Wildman–Crippen MR) is 104 cm³/mol. The van der Waals surface area contributed by atoms with Crippen LogP contribution in [0.4, 0.5) is 0 Å². The van der Waals surface area contributed by atoms with E-state index in [1.165, 1.54) is 0 Å². The van der Waals surface area contributed by atoms with Crippen LogP contribution < -0.4 is 11.5 Å². The Bertz CT molecular complexity index is 540. The van der Waals surface area contributed by atoms with Gasteiger partial charge in [0, 0.05) is 0 Å². The van der Waals surface area contributed by atoms with Crippen molar-refractivity contribution < 1.29 is 12.3 Å². The Labute approximate surface area is 180 Å². The number of nitrogens with two attached hydrogens (primary N) is 2. The van der Waals surface area contributed by atoms with Crippen LogP contribution in [0.1, 0.15) is 14.0 Å². The third-order valence-electron chi connectivity index (χ3n) is 2.45. The summed E-state index contributed by atoms with van der Waals surface area (Å²) in [7, 11) is 0. The Hall–Kier alpha value is -0.920. The number of hydrogen-bond acceptors (Lipinski definition) is 4. The van der Waals surface area contributed by atoms with Gasteiger partial charge >= 0.3 is 37.7 Å². The maximum Gasteiger partial charge on any atom is 2.00 e. The van der Waals surface area contributed by atoms with E-state index in [4.69, 9.17) is 20.9 Å². The molecule has 0 aliphatic heterocycles. The fourth-order valence-corrected chi connectivity index (χ4v) is 1.58. The Morgan fingerprint density at radius 2 is 1.04 bits per heavy atom. The van der Waals surface area contributed by atoms with E-state index >= 15 is 0 Å². The van der Waals surface area contributed by atoms with Gasteiger partial charge in [0.05, 0.1) is 0 Å². The summed E-state index contributed by atoms with van der Waals surface area (Å²) in [5.41, 5.74) is 12.4. The topological polar surface area (TPSA) is 70.5 Å². The smallest absolute Gasteiger partial charge is 1.00 e. The van der Waals surface area contributed by atoms with Crippen molar-refractivity contribution in [1.82, 2.24) is 0 Å². The van der Waals surface area contributed by atoms with Crippen molar-refractivity contribution in [3.8, 4) is 0 Å². The van der Waals surface area contributed by atoms with E-state index in [1.807, 2.05) is 60.7 Å². The summed E-state index contributed by atoms with van der Waals surface area (Å²) in [6.07, 6.45) is 0. The fraction of sp³-hybridized carbons (Fsp3) is 0.125. The first-order valence-electron chi connectivity index (χ1n) is 6.50. The summed E-state index contributed by atoms with van der Waals surface area (Å²) in [6, 6.07) is 19.5. The van der Waals surface area contributed by atoms with Crippen molar-refractivity contribution in [3.63, 3.8) is 0 Å². The monoisotopic (exact) mass is 376 g/mol. The minimum atomic E-state index is 0. The first-order chi connectivity index (χ1) is 10.6. The van der Waals surface area contributed by atoms with Crippen molar-refractivity contribution in [3.05, 3.63) is 71.8 Å². The summed E-state index contributed by atoms with van der Waals surface area (Å²) < 4.78 is 9.87. The van der Waals surface area contributed by atoms with E-state index in [0.717, 1.165) is 11.1 Å². The average Bonchev–Trinajstić information content (AvgIpc) is 2.53. The largest absolute Gasteiger partial charge is 2.00 e. The Morgan fingerprint density at radius 1 is 0.739 bits per heavy atom. The molecule has 0 fully saturated rings. The number of rotatable bonds is 4. The van der Waals surface area contributed by atoms with Crippen LogP contribution in [-0.2, 0) is 22.7 Å². The quantitative estimate of drug-likeness (QED) is 0.632. The van der Waals surface area contributed by atoms with Gasteiger partial charge in [-0.2, -0.15) is 0 Å². The minimum Gasteiger partial charge on any atom is -1.00 e. The molecular formula is C16H20CaN2O2S2. The predicted octanol–water partition coefficient (Wildman–Crippen LogP) is 2.74. The van der Waals surface area contributed by atoms with Gasteiger partial charge in [0.2, 0.25) is 0 Å². The third kappa shape index (κ3) is 12.2. The summed E-state index contributed by atoms with van der Waals surface area (Å²) in [6.45, 7) is 0.909. The molecule has 120 valence electrons. The zero-order valence-electron chi connectivity index (χ0n) is 14.7. The number of hydrogen-bond donors (Lipinski definition) is 2. The average molecular weight is 377 g/mol. The van der Waals surface area contributed by atoms with Gasteiger partial charge in [-0.1, -0.05) is 60.7 Å². The van der Waals surface area contributed by atoms with Crippen molar-refractivity contribution in [1.29, 1.82) is 0 Å². The molecule has 0 saturated heterocycles. The Morgan fingerprint density at radius 3 is 1.30 bits per heavy atom. The molecule has 0 saturated carbocycles. The molecule has 23 heavy (non-hydrogen) atoms. The van der Waals surface area contributed by atoms with E-state index in [-0.39, 0.29) is 50.9 Å². The molecule has 0 aromatic heterocycles. The minimum absolute atomic E-state index is 0. The van der Waals surface area contributed by atoms with E-state index in [1.54, 1.807) is 0 Å². The van der Waals surface area contributed by atoms with E-state index in [9.17, 15) is 0 Å². The maximum absolute atomic E-state index is 5.15. The molecule has 0 unspecified atom stereocenters. The van der Waals surface area contributed by atoms with Crippen LogP contribution in [0.25, 0.3) is 0 Å². The van der Waals surface area contributed by atoms with Crippen LogP contribution >= 0.6 is 24.4 Å². The number of benzene rings is 2. The van der Waals surface area contributed by atoms with Gasteiger partial charge in [0.25, 0.3) is 10.3 Å². The normalized spacial score (nSPS) is 8.70. The maximum atomic E-state index is 5.15. The summed E-state index contributed by atoms with van der Waals surface area (Å²) in [4.78, 5) is 0. The molecule has 2 aromatic rings. The Balaban J connectivity index is -0.000000346. The SMILES string of the molecule is NC(=S)OCc1ccccc1.NC(=S)OCc1ccccc1.[Ca+2].[H-].[H-]. The molecule has 0 bridgehead atoms. The number of ether oxygens (including phenoxy) is 2. The van der Waals surface area contributed by atoms with Crippen LogP contribution in [0.2, 0.25) is 0 Å². The Kier molecular flexibility index (Phi) is 13.0. The summed E-state index contributed by atoms with van der Waals surface area (Å²) in [5, 5.41) is 0.183. The van der Waals surface area contributed by atoms with Gasteiger partial charge in [-0.3, -0.25) is 0 Å². The zero-order valence-corrected chi connectivity index (χ0v) is 16.5. The van der Waals surface area contributed by atoms with Gasteiger partial charge in [-0.15, -0.1) is 0 Å². The molecule has 0 radical (unpaired) electrons. The van der Waals surface area contributed by atoms with Crippen molar-refractivity contribution in [2.24, 2.45) is 11.5 Å². The third-order valence-corrected chi connectivity index (χ3v) is 2.68. The van der Waals surface area contributed by atoms with Crippen LogP contribution in [0.3, 0.4) is 0 Å². The molecule has 0 amide bonds. The van der Waals surface area contributed by atoms with E-state index < -0.39 is 0 Å². The van der Waals surface area contributed by atoms with Crippen molar-refractivity contribution >= 4 is 72.5 Å². The standard InChI is InChI=1S/2C8H9NOS.Ca.2H/c2*9-8(11)10-6-7-4-2-1-3-5-7;;;/h2*1-5H,6H2,(H2,9,11);;;/q;;+2;2*-1. The first-order valence-corrected chi connectivity index (χ1v) is 7.32. The van der Waals surface area contributed by atoms with Gasteiger partial charge in [-0.05, 0) is 35.6 Å². The van der Waals surface area contributed by atoms with Gasteiger partial charge in [0.1, 0.15) is 13.2 Å². The molecule has 0 spiro atoms. The van der Waals surface area contributed by atoms with E-state index in [2.05, 4.69) is 24.4 Å². The second-order valence-corrected chi connectivity index (χ2v) is 4.99. The van der Waals surface area contributed by atoms with Crippen molar-refractivity contribution in [2.45, 2.75) is 13.2 Å². The van der Waals surface area contributed by atoms with Gasteiger partial charge in [0.15, 0.2) is 0 Å². The summed E-state index contributed by atoms with van der Waals surface area (Å²) in [5.74, 6) is 0. The second-order valence-electron chi connectivity index (χ2n) is 4.19. The molecule has 7 heteroatoms. The molecule has 0 aliphatic rings. The summed E-state index contributed by atoms with van der Waals surface area (Å²) >= 11 is 9.10. The van der Waals surface area contributed by atoms with Crippen LogP contribution in [0.5, 0.6) is 0 Å².